The van der Waals surface area contributed by atoms with E-state index in [2.05, 4.69) is 180 Å². The topological polar surface area (TPSA) is 197 Å². The molecule has 590 valence electrons. The van der Waals surface area contributed by atoms with E-state index in [9.17, 15) is 0 Å². The maximum Gasteiger partial charge on any atom is 0.489 e. The van der Waals surface area contributed by atoms with Crippen molar-refractivity contribution in [1.82, 2.24) is 44.9 Å². The first kappa shape index (κ1) is 84.2. The van der Waals surface area contributed by atoms with Crippen LogP contribution in [0, 0.1) is 0 Å². The van der Waals surface area contributed by atoms with Crippen LogP contribution in [0.1, 0.15) is 0 Å². The molecule has 0 spiro atoms. The van der Waals surface area contributed by atoms with Crippen LogP contribution in [0.5, 0.6) is 0 Å². The van der Waals surface area contributed by atoms with Crippen molar-refractivity contribution in [2.45, 2.75) is 0 Å². The van der Waals surface area contributed by atoms with Crippen molar-refractivity contribution >= 4 is 125 Å². The van der Waals surface area contributed by atoms with Gasteiger partial charge in [0.05, 0.1) is 0 Å². The predicted octanol–water partition coefficient (Wildman–Crippen LogP) is 24.8. The first-order valence-electron chi connectivity index (χ1n) is 38.5. The van der Waals surface area contributed by atoms with Crippen LogP contribution in [0.3, 0.4) is 0 Å². The van der Waals surface area contributed by atoms with Gasteiger partial charge in [-0.2, -0.15) is 9.97 Å². The summed E-state index contributed by atoms with van der Waals surface area (Å²) in [6, 6.07) is 130. The van der Waals surface area contributed by atoms with Crippen LogP contribution in [0.2, 0.25) is 20.4 Å². The highest BCUT2D eigenvalue weighted by atomic mass is 79.9. The minimum Gasteiger partial charge on any atom is -0.423 e. The molecule has 0 aliphatic rings. The molecule has 0 bridgehead atoms. The van der Waals surface area contributed by atoms with E-state index < -0.39 is 14.2 Å². The van der Waals surface area contributed by atoms with E-state index in [1.807, 2.05) is 237 Å². The van der Waals surface area contributed by atoms with Crippen molar-refractivity contribution in [2.75, 3.05) is 0 Å². The van der Waals surface area contributed by atoms with E-state index in [1.54, 1.807) is 18.2 Å². The second-order valence-electron chi connectivity index (χ2n) is 27.7. The minimum atomic E-state index is -1.47. The molecule has 0 saturated heterocycles. The summed E-state index contributed by atoms with van der Waals surface area (Å²) in [5, 5.41) is 41.8. The van der Waals surface area contributed by atoms with Gasteiger partial charge in [-0.15, -0.1) is 0 Å². The van der Waals surface area contributed by atoms with Crippen LogP contribution in [0.4, 0.5) is 0 Å². The van der Waals surface area contributed by atoms with Crippen LogP contribution in [-0.4, -0.2) is 79.2 Å². The maximum absolute atomic E-state index is 9.08. The maximum atomic E-state index is 9.08. The van der Waals surface area contributed by atoms with Crippen LogP contribution in [0.25, 0.3) is 157 Å². The number of nitrogens with zero attached hydrogens (tertiary/aromatic N) is 9. The number of halogens is 6. The third-order valence-electron chi connectivity index (χ3n) is 19.4. The molecular weight excluding hydrogens is 1730 g/mol. The van der Waals surface area contributed by atoms with Crippen LogP contribution < -0.4 is 10.9 Å². The van der Waals surface area contributed by atoms with Gasteiger partial charge >= 0.3 is 14.2 Å². The standard InChI is InChI=1S/C37H24ClN3.C27H17BrClN3.C21H14ClN3.C10H9BO2.C6H5BBrClO2/c38-32-23-30(34-17-9-15-27-12-7-8-16-33(27)34)22-31(24-32)37-40-35(28-13-5-2-6-14-28)39-36(41-37)29-20-18-26(19-21-29)25-10-3-1-4-11-25;28-23-15-22(16-24(29)17-23)27-31-25(20-9-5-2-6-10-20)30-26(32-27)21-13-11-19(12-14-21)18-7-3-1-4-8-18;22-21-24-19(17-9-5-2-6-10-17)23-20(25-21)18-13-11-16(12-14-18)15-7-3-1-4-8-15;12-11(13)10-7-3-5-8-4-1-2-6-9(8)10;8-5-1-4(7(10)11)2-6(9)3-5/h1-24H;1-17H;1-14H;1-7,12-13H;1-3,10-11H. The summed E-state index contributed by atoms with van der Waals surface area (Å²) in [6.07, 6.45) is 0. The predicted molar refractivity (Wildman–Crippen MR) is 508 cm³/mol. The van der Waals surface area contributed by atoms with Crippen molar-refractivity contribution in [2.24, 2.45) is 0 Å². The Balaban J connectivity index is 0.000000127. The average molecular weight is 1800 g/mol. The number of benzene rings is 16. The van der Waals surface area contributed by atoms with E-state index in [1.165, 1.54) is 33.5 Å². The molecule has 3 heterocycles. The summed E-state index contributed by atoms with van der Waals surface area (Å²) in [5.74, 6) is 4.75. The summed E-state index contributed by atoms with van der Waals surface area (Å²) in [6.45, 7) is 0. The molecule has 19 aromatic rings. The van der Waals surface area contributed by atoms with Gasteiger partial charge in [0, 0.05) is 68.5 Å². The number of rotatable bonds is 14. The molecule has 0 unspecified atom stereocenters. The molecule has 0 aliphatic heterocycles. The van der Waals surface area contributed by atoms with Crippen LogP contribution >= 0.6 is 78.3 Å². The van der Waals surface area contributed by atoms with Gasteiger partial charge < -0.3 is 20.1 Å². The fraction of sp³-hybridized carbons (Fsp3) is 0. The second-order valence-corrected chi connectivity index (χ2v) is 31.2. The Labute approximate surface area is 743 Å². The molecule has 0 saturated carbocycles. The molecule has 21 heteroatoms. The molecule has 0 atom stereocenters. The lowest BCUT2D eigenvalue weighted by atomic mass is 9.77. The Kier molecular flexibility index (Phi) is 27.9. The highest BCUT2D eigenvalue weighted by molar-refractivity contribution is 9.10. The van der Waals surface area contributed by atoms with E-state index in [4.69, 9.17) is 96.4 Å². The molecule has 0 amide bonds. The van der Waals surface area contributed by atoms with Gasteiger partial charge in [0.2, 0.25) is 5.28 Å². The lowest BCUT2D eigenvalue weighted by Crippen LogP contribution is -2.30. The van der Waals surface area contributed by atoms with Gasteiger partial charge in [-0.25, -0.2) is 34.9 Å². The highest BCUT2D eigenvalue weighted by Gasteiger charge is 2.20. The Bertz CT molecular complexity index is 6730. The molecule has 122 heavy (non-hydrogen) atoms. The van der Waals surface area contributed by atoms with E-state index in [0.717, 1.165) is 92.0 Å². The summed E-state index contributed by atoms with van der Waals surface area (Å²) in [7, 11) is -2.86. The van der Waals surface area contributed by atoms with Gasteiger partial charge in [0.25, 0.3) is 0 Å². The third kappa shape index (κ3) is 21.8. The van der Waals surface area contributed by atoms with Gasteiger partial charge in [-0.1, -0.05) is 406 Å². The molecule has 13 nitrogen and oxygen atoms in total. The minimum absolute atomic E-state index is 0.191. The Morgan fingerprint density at radius 2 is 0.475 bits per heavy atom. The Morgan fingerprint density at radius 3 is 0.852 bits per heavy atom. The quantitative estimate of drug-likeness (QED) is 0.0751. The fourth-order valence-electron chi connectivity index (χ4n) is 13.5. The van der Waals surface area contributed by atoms with Gasteiger partial charge in [-0.05, 0) is 143 Å². The summed E-state index contributed by atoms with van der Waals surface area (Å²) < 4.78 is 1.60. The van der Waals surface area contributed by atoms with Crippen molar-refractivity contribution in [3.63, 3.8) is 0 Å². The van der Waals surface area contributed by atoms with Crippen molar-refractivity contribution in [3.05, 3.63) is 424 Å². The third-order valence-corrected chi connectivity index (χ3v) is 21.1. The largest absolute Gasteiger partial charge is 0.489 e. The first-order chi connectivity index (χ1) is 59.5. The van der Waals surface area contributed by atoms with Crippen molar-refractivity contribution < 1.29 is 20.1 Å². The molecule has 0 aliphatic carbocycles. The number of hydrogen-bond acceptors (Lipinski definition) is 13. The zero-order valence-electron chi connectivity index (χ0n) is 64.8. The number of hydrogen-bond donors (Lipinski definition) is 4. The normalized spacial score (nSPS) is 10.7. The van der Waals surface area contributed by atoms with Crippen LogP contribution in [0.15, 0.2) is 403 Å². The first-order valence-corrected chi connectivity index (χ1v) is 41.6. The lowest BCUT2D eigenvalue weighted by molar-refractivity contribution is 0.424. The summed E-state index contributed by atoms with van der Waals surface area (Å²) in [5.41, 5.74) is 17.2. The number of fused-ring (bicyclic) bond motifs is 2. The lowest BCUT2D eigenvalue weighted by Gasteiger charge is -2.12. The average Bonchev–Trinajstić information content (AvgIpc) is 0.791. The van der Waals surface area contributed by atoms with Crippen molar-refractivity contribution in [1.29, 1.82) is 0 Å². The van der Waals surface area contributed by atoms with E-state index in [0.29, 0.717) is 72.6 Å². The molecule has 4 N–H and O–H groups in total. The van der Waals surface area contributed by atoms with Gasteiger partial charge in [-0.3, -0.25) is 0 Å². The van der Waals surface area contributed by atoms with Crippen LogP contribution in [-0.2, 0) is 0 Å². The highest BCUT2D eigenvalue weighted by Crippen LogP contribution is 2.37. The summed E-state index contributed by atoms with van der Waals surface area (Å²) >= 11 is 31.5. The SMILES string of the molecule is Clc1cc(-c2nc(-c3ccccc3)nc(-c3ccc(-c4ccccc4)cc3)n2)cc(-c2cccc3ccccc23)c1.Clc1cc(Br)cc(-c2nc(-c3ccccc3)nc(-c3ccc(-c4ccccc4)cc3)n2)c1.Clc1nc(-c2ccccc2)nc(-c2ccc(-c3ccccc3)cc2)n1.OB(O)c1cc(Cl)cc(Br)c1.OB(O)c1cccc2ccccc12. The number of aromatic nitrogens is 9. The van der Waals surface area contributed by atoms with E-state index >= 15 is 0 Å². The monoisotopic (exact) mass is 1790 g/mol. The van der Waals surface area contributed by atoms with Gasteiger partial charge in [0.15, 0.2) is 46.6 Å². The Hall–Kier alpha value is -12.8. The molecule has 0 radical (unpaired) electrons. The van der Waals surface area contributed by atoms with E-state index in [-0.39, 0.29) is 5.28 Å². The van der Waals surface area contributed by atoms with Gasteiger partial charge in [0.1, 0.15) is 0 Å². The van der Waals surface area contributed by atoms with Crippen molar-refractivity contribution in [3.8, 4) is 136 Å². The molecule has 19 rings (SSSR count). The summed E-state index contributed by atoms with van der Waals surface area (Å²) in [4.78, 5) is 42.2. The zero-order chi connectivity index (χ0) is 84.3. The fourth-order valence-corrected chi connectivity index (χ4v) is 15.6. The zero-order valence-corrected chi connectivity index (χ0v) is 71.0. The molecular formula is C101H69B2Br2Cl4N9O4. The molecule has 16 aromatic carbocycles. The molecule has 0 fully saturated rings. The Morgan fingerprint density at radius 1 is 0.205 bits per heavy atom. The molecule has 3 aromatic heterocycles. The smallest absolute Gasteiger partial charge is 0.423 e. The second kappa shape index (κ2) is 40.5.